The van der Waals surface area contributed by atoms with Gasteiger partial charge in [0.2, 0.25) is 11.8 Å². The van der Waals surface area contributed by atoms with Crippen LogP contribution in [0.15, 0.2) is 52.9 Å². The van der Waals surface area contributed by atoms with Crippen LogP contribution < -0.4 is 4.74 Å². The molecule has 2 aromatic carbocycles. The highest BCUT2D eigenvalue weighted by atomic mass is 16.5. The second-order valence-corrected chi connectivity index (χ2v) is 6.79. The number of unbranched alkanes of at least 4 members (excludes halogenated alkanes) is 3. The molecule has 0 amide bonds. The number of hydrogen-bond acceptors (Lipinski definition) is 4. The maximum atomic E-state index is 5.87. The molecule has 1 aromatic heterocycles. The maximum absolute atomic E-state index is 5.87. The molecule has 0 bridgehead atoms. The minimum Gasteiger partial charge on any atom is -0.494 e. The lowest BCUT2D eigenvalue weighted by Gasteiger charge is -2.05. The van der Waals surface area contributed by atoms with Crippen molar-refractivity contribution in [2.45, 2.75) is 52.4 Å². The van der Waals surface area contributed by atoms with E-state index in [2.05, 4.69) is 48.3 Å². The van der Waals surface area contributed by atoms with Crippen molar-refractivity contribution < 1.29 is 9.15 Å². The molecule has 3 rings (SSSR count). The van der Waals surface area contributed by atoms with Crippen LogP contribution in [0.3, 0.4) is 0 Å². The van der Waals surface area contributed by atoms with Gasteiger partial charge in [-0.3, -0.25) is 0 Å². The minimum absolute atomic E-state index is 0.525. The first kappa shape index (κ1) is 19.2. The molecule has 3 aromatic rings. The first-order valence-corrected chi connectivity index (χ1v) is 9.96. The molecule has 0 N–H and O–H groups in total. The lowest BCUT2D eigenvalue weighted by Crippen LogP contribution is -1.95. The normalized spacial score (nSPS) is 10.9. The van der Waals surface area contributed by atoms with Crippen molar-refractivity contribution in [1.82, 2.24) is 10.2 Å². The summed E-state index contributed by atoms with van der Waals surface area (Å²) in [6, 6.07) is 16.2. The number of rotatable bonds is 10. The van der Waals surface area contributed by atoms with Crippen molar-refractivity contribution in [3.63, 3.8) is 0 Å². The van der Waals surface area contributed by atoms with E-state index >= 15 is 0 Å². The fraction of sp³-hybridized carbons (Fsp3) is 0.391. The van der Waals surface area contributed by atoms with Crippen LogP contribution >= 0.6 is 0 Å². The average molecular weight is 364 g/mol. The SMILES string of the molecule is CCCCCc1ccc(-c2nnc(-c3ccc(OCCCC)cc3)o2)cc1. The van der Waals surface area contributed by atoms with Gasteiger partial charge in [0.1, 0.15) is 5.75 Å². The molecule has 1 heterocycles. The predicted molar refractivity (Wildman–Crippen MR) is 109 cm³/mol. The Morgan fingerprint density at radius 3 is 1.93 bits per heavy atom. The zero-order valence-corrected chi connectivity index (χ0v) is 16.3. The van der Waals surface area contributed by atoms with Gasteiger partial charge >= 0.3 is 0 Å². The second kappa shape index (κ2) is 9.91. The smallest absolute Gasteiger partial charge is 0.248 e. The Kier molecular flexibility index (Phi) is 7.03. The Labute approximate surface area is 161 Å². The Morgan fingerprint density at radius 2 is 1.33 bits per heavy atom. The van der Waals surface area contributed by atoms with Crippen LogP contribution in [-0.2, 0) is 6.42 Å². The number of ether oxygens (including phenoxy) is 1. The summed E-state index contributed by atoms with van der Waals surface area (Å²) in [5.41, 5.74) is 3.20. The van der Waals surface area contributed by atoms with Crippen molar-refractivity contribution >= 4 is 0 Å². The van der Waals surface area contributed by atoms with Crippen LogP contribution in [0, 0.1) is 0 Å². The first-order valence-electron chi connectivity index (χ1n) is 9.96. The van der Waals surface area contributed by atoms with E-state index in [0.717, 1.165) is 42.7 Å². The highest BCUT2D eigenvalue weighted by Gasteiger charge is 2.10. The lowest BCUT2D eigenvalue weighted by atomic mass is 10.1. The lowest BCUT2D eigenvalue weighted by molar-refractivity contribution is 0.309. The summed E-state index contributed by atoms with van der Waals surface area (Å²) in [6.07, 6.45) is 7.06. The third kappa shape index (κ3) is 5.43. The molecular weight excluding hydrogens is 336 g/mol. The van der Waals surface area contributed by atoms with Gasteiger partial charge in [-0.2, -0.15) is 0 Å². The van der Waals surface area contributed by atoms with Gasteiger partial charge in [-0.05, 0) is 61.2 Å². The number of nitrogens with zero attached hydrogens (tertiary/aromatic N) is 2. The zero-order chi connectivity index (χ0) is 18.9. The molecule has 0 saturated carbocycles. The molecule has 0 atom stereocenters. The number of aryl methyl sites for hydroxylation is 1. The van der Waals surface area contributed by atoms with E-state index in [1.165, 1.54) is 24.8 Å². The van der Waals surface area contributed by atoms with Crippen molar-refractivity contribution in [3.05, 3.63) is 54.1 Å². The van der Waals surface area contributed by atoms with Crippen molar-refractivity contribution in [2.75, 3.05) is 6.61 Å². The van der Waals surface area contributed by atoms with Crippen LogP contribution in [0.25, 0.3) is 22.9 Å². The molecule has 27 heavy (non-hydrogen) atoms. The van der Waals surface area contributed by atoms with Crippen molar-refractivity contribution in [2.24, 2.45) is 0 Å². The van der Waals surface area contributed by atoms with E-state index in [9.17, 15) is 0 Å². The molecule has 0 radical (unpaired) electrons. The summed E-state index contributed by atoms with van der Waals surface area (Å²) >= 11 is 0. The monoisotopic (exact) mass is 364 g/mol. The van der Waals surface area contributed by atoms with Crippen LogP contribution in [0.5, 0.6) is 5.75 Å². The average Bonchev–Trinajstić information content (AvgIpc) is 3.20. The molecule has 0 fully saturated rings. The van der Waals surface area contributed by atoms with Crippen LogP contribution in [0.4, 0.5) is 0 Å². The summed E-state index contributed by atoms with van der Waals surface area (Å²) in [7, 11) is 0. The van der Waals surface area contributed by atoms with Gasteiger partial charge in [0.25, 0.3) is 0 Å². The van der Waals surface area contributed by atoms with E-state index in [4.69, 9.17) is 9.15 Å². The number of aromatic nitrogens is 2. The van der Waals surface area contributed by atoms with Crippen molar-refractivity contribution in [3.8, 4) is 28.7 Å². The van der Waals surface area contributed by atoms with E-state index in [1.807, 2.05) is 24.3 Å². The van der Waals surface area contributed by atoms with Crippen molar-refractivity contribution in [1.29, 1.82) is 0 Å². The summed E-state index contributed by atoms with van der Waals surface area (Å²) < 4.78 is 11.6. The van der Waals surface area contributed by atoms with Gasteiger partial charge in [0.15, 0.2) is 0 Å². The van der Waals surface area contributed by atoms with E-state index < -0.39 is 0 Å². The summed E-state index contributed by atoms with van der Waals surface area (Å²) in [6.45, 7) is 5.12. The molecular formula is C23H28N2O2. The van der Waals surface area contributed by atoms with Gasteiger partial charge in [-0.15, -0.1) is 10.2 Å². The van der Waals surface area contributed by atoms with E-state index in [0.29, 0.717) is 11.8 Å². The fourth-order valence-corrected chi connectivity index (χ4v) is 2.88. The molecule has 4 heteroatoms. The Balaban J connectivity index is 1.64. The van der Waals surface area contributed by atoms with E-state index in [1.54, 1.807) is 0 Å². The molecule has 4 nitrogen and oxygen atoms in total. The third-order valence-corrected chi connectivity index (χ3v) is 4.56. The largest absolute Gasteiger partial charge is 0.494 e. The predicted octanol–water partition coefficient (Wildman–Crippen LogP) is 6.32. The Bertz CT molecular complexity index is 739. The molecule has 0 aliphatic carbocycles. The molecule has 0 spiro atoms. The van der Waals surface area contributed by atoms with Gasteiger partial charge in [-0.1, -0.05) is 45.2 Å². The summed E-state index contributed by atoms with van der Waals surface area (Å²) in [5, 5.41) is 8.40. The second-order valence-electron chi connectivity index (χ2n) is 6.79. The molecule has 0 saturated heterocycles. The topological polar surface area (TPSA) is 48.2 Å². The van der Waals surface area contributed by atoms with E-state index in [-0.39, 0.29) is 0 Å². The number of benzene rings is 2. The summed E-state index contributed by atoms with van der Waals surface area (Å²) in [5.74, 6) is 1.94. The molecule has 0 unspecified atom stereocenters. The highest BCUT2D eigenvalue weighted by molar-refractivity contribution is 5.58. The Morgan fingerprint density at radius 1 is 0.741 bits per heavy atom. The zero-order valence-electron chi connectivity index (χ0n) is 16.3. The van der Waals surface area contributed by atoms with Gasteiger partial charge in [-0.25, -0.2) is 0 Å². The van der Waals surface area contributed by atoms with Crippen LogP contribution in [-0.4, -0.2) is 16.8 Å². The Hall–Kier alpha value is -2.62. The minimum atomic E-state index is 0.525. The van der Waals surface area contributed by atoms with Gasteiger partial charge in [0.05, 0.1) is 6.61 Å². The van der Waals surface area contributed by atoms with Crippen LogP contribution in [0.2, 0.25) is 0 Å². The highest BCUT2D eigenvalue weighted by Crippen LogP contribution is 2.26. The van der Waals surface area contributed by atoms with Gasteiger partial charge in [0, 0.05) is 11.1 Å². The molecule has 142 valence electrons. The maximum Gasteiger partial charge on any atom is 0.248 e. The van der Waals surface area contributed by atoms with Crippen LogP contribution in [0.1, 0.15) is 51.5 Å². The first-order chi connectivity index (χ1) is 13.3. The molecule has 0 aliphatic rings. The third-order valence-electron chi connectivity index (χ3n) is 4.56. The summed E-state index contributed by atoms with van der Waals surface area (Å²) in [4.78, 5) is 0. The quantitative estimate of drug-likeness (QED) is 0.395. The standard InChI is InChI=1S/C23H28N2O2/c1-3-5-7-8-18-9-11-19(12-10-18)22-24-25-23(27-22)20-13-15-21(16-14-20)26-17-6-4-2/h9-16H,3-8,17H2,1-2H3. The molecule has 0 aliphatic heterocycles. The van der Waals surface area contributed by atoms with Gasteiger partial charge < -0.3 is 9.15 Å². The number of hydrogen-bond donors (Lipinski definition) is 0. The fourth-order valence-electron chi connectivity index (χ4n) is 2.88.